The number of likely N-dealkylation sites (N-methyl/N-ethyl adjacent to an activating group) is 1. The third-order valence-electron chi connectivity index (χ3n) is 7.21. The number of fused-ring (bicyclic) bond motifs is 1. The lowest BCUT2D eigenvalue weighted by Crippen LogP contribution is -2.53. The van der Waals surface area contributed by atoms with Gasteiger partial charge in [0.15, 0.2) is 0 Å². The fourth-order valence-corrected chi connectivity index (χ4v) is 5.92. The van der Waals surface area contributed by atoms with Crippen LogP contribution in [0.4, 0.5) is 0 Å². The lowest BCUT2D eigenvalue weighted by molar-refractivity contribution is -0.141. The van der Waals surface area contributed by atoms with Gasteiger partial charge in [-0.25, -0.2) is 8.42 Å². The number of amides is 2. The Morgan fingerprint density at radius 2 is 1.51 bits per heavy atom. The maximum atomic E-state index is 14.0. The van der Waals surface area contributed by atoms with E-state index >= 15 is 0 Å². The molecule has 0 radical (unpaired) electrons. The van der Waals surface area contributed by atoms with Gasteiger partial charge < -0.3 is 10.2 Å². The molecule has 4 aromatic rings. The van der Waals surface area contributed by atoms with Crippen molar-refractivity contribution in [1.29, 1.82) is 0 Å². The average molecular weight is 572 g/mol. The van der Waals surface area contributed by atoms with E-state index < -0.39 is 28.5 Å². The molecule has 0 aliphatic heterocycles. The Kier molecular flexibility index (Phi) is 9.91. The summed E-state index contributed by atoms with van der Waals surface area (Å²) in [6, 6.07) is 28.9. The van der Waals surface area contributed by atoms with Gasteiger partial charge in [0.2, 0.25) is 21.8 Å². The molecule has 4 rings (SSSR count). The number of hydrogen-bond acceptors (Lipinski definition) is 4. The minimum Gasteiger partial charge on any atom is -0.354 e. The third-order valence-corrected chi connectivity index (χ3v) is 9.01. The minimum atomic E-state index is -3.97. The molecule has 2 amide bonds. The maximum Gasteiger partial charge on any atom is 0.243 e. The Morgan fingerprint density at radius 1 is 0.854 bits per heavy atom. The molecular weight excluding hydrogens is 534 g/mol. The van der Waals surface area contributed by atoms with Crippen LogP contribution in [0.15, 0.2) is 102 Å². The lowest BCUT2D eigenvalue weighted by Gasteiger charge is -2.33. The average Bonchev–Trinajstić information content (AvgIpc) is 2.98. The number of benzene rings is 4. The smallest absolute Gasteiger partial charge is 0.243 e. The predicted molar refractivity (Wildman–Crippen MR) is 163 cm³/mol. The zero-order chi connectivity index (χ0) is 29.4. The quantitative estimate of drug-likeness (QED) is 0.261. The highest BCUT2D eigenvalue weighted by Gasteiger charge is 2.33. The first kappa shape index (κ1) is 30.0. The van der Waals surface area contributed by atoms with E-state index in [1.807, 2.05) is 92.7 Å². The number of sulfonamides is 1. The molecule has 1 N–H and O–H groups in total. The van der Waals surface area contributed by atoms with Gasteiger partial charge in [-0.3, -0.25) is 9.59 Å². The Hall–Kier alpha value is -4.01. The van der Waals surface area contributed by atoms with Crippen LogP contribution in [0.3, 0.4) is 0 Å². The molecule has 0 aromatic heterocycles. The van der Waals surface area contributed by atoms with Crippen molar-refractivity contribution in [3.63, 3.8) is 0 Å². The van der Waals surface area contributed by atoms with E-state index in [1.54, 1.807) is 18.2 Å². The summed E-state index contributed by atoms with van der Waals surface area (Å²) >= 11 is 0. The van der Waals surface area contributed by atoms with Gasteiger partial charge in [0, 0.05) is 26.6 Å². The molecule has 214 valence electrons. The molecule has 0 aliphatic rings. The largest absolute Gasteiger partial charge is 0.354 e. The standard InChI is InChI=1S/C33H37N3O4S/c1-4-20-34-33(38)31(21-26-13-6-5-7-14-26)36(23-29-17-9-8-12-25(29)2)32(37)24-35(3)41(39,40)30-19-18-27-15-10-11-16-28(27)22-30/h5-19,22,31H,4,20-21,23-24H2,1-3H3,(H,34,38). The molecule has 1 unspecified atom stereocenters. The van der Waals surface area contributed by atoms with Gasteiger partial charge in [-0.1, -0.05) is 91.9 Å². The summed E-state index contributed by atoms with van der Waals surface area (Å²) in [6.07, 6.45) is 1.05. The molecule has 1 atom stereocenters. The second-order valence-electron chi connectivity index (χ2n) is 10.2. The van der Waals surface area contributed by atoms with Gasteiger partial charge in [0.05, 0.1) is 11.4 Å². The number of hydrogen-bond donors (Lipinski definition) is 1. The SMILES string of the molecule is CCCNC(=O)C(Cc1ccccc1)N(Cc1ccccc1C)C(=O)CN(C)S(=O)(=O)c1ccc2ccccc2c1. The topological polar surface area (TPSA) is 86.8 Å². The van der Waals surface area contributed by atoms with Gasteiger partial charge in [-0.2, -0.15) is 4.31 Å². The summed E-state index contributed by atoms with van der Waals surface area (Å²) in [5, 5.41) is 4.67. The third kappa shape index (κ3) is 7.39. The summed E-state index contributed by atoms with van der Waals surface area (Å²) in [5.74, 6) is -0.717. The van der Waals surface area contributed by atoms with Crippen molar-refractivity contribution in [2.24, 2.45) is 0 Å². The second kappa shape index (κ2) is 13.6. The van der Waals surface area contributed by atoms with E-state index in [4.69, 9.17) is 0 Å². The molecule has 0 saturated carbocycles. The van der Waals surface area contributed by atoms with Crippen LogP contribution in [0.2, 0.25) is 0 Å². The Bertz CT molecular complexity index is 1610. The van der Waals surface area contributed by atoms with Gasteiger partial charge in [0.25, 0.3) is 0 Å². The molecule has 0 spiro atoms. The van der Waals surface area contributed by atoms with Gasteiger partial charge in [-0.15, -0.1) is 0 Å². The van der Waals surface area contributed by atoms with E-state index in [1.165, 1.54) is 11.9 Å². The van der Waals surface area contributed by atoms with E-state index in [0.29, 0.717) is 13.0 Å². The molecular formula is C33H37N3O4S. The van der Waals surface area contributed by atoms with Crippen molar-refractivity contribution in [2.75, 3.05) is 20.1 Å². The number of aryl methyl sites for hydroxylation is 1. The van der Waals surface area contributed by atoms with Crippen molar-refractivity contribution in [2.45, 2.75) is 44.2 Å². The number of carbonyl (C=O) groups excluding carboxylic acids is 2. The molecule has 0 saturated heterocycles. The van der Waals surface area contributed by atoms with E-state index in [2.05, 4.69) is 5.32 Å². The van der Waals surface area contributed by atoms with E-state index in [-0.39, 0.29) is 17.3 Å². The normalized spacial score (nSPS) is 12.3. The fourth-order valence-electron chi connectivity index (χ4n) is 4.77. The van der Waals surface area contributed by atoms with Gasteiger partial charge in [0.1, 0.15) is 6.04 Å². The van der Waals surface area contributed by atoms with Crippen LogP contribution in [0, 0.1) is 6.92 Å². The first-order valence-electron chi connectivity index (χ1n) is 13.8. The molecule has 0 aliphatic carbocycles. The van der Waals surface area contributed by atoms with Crippen LogP contribution in [-0.4, -0.2) is 55.6 Å². The highest BCUT2D eigenvalue weighted by Crippen LogP contribution is 2.22. The lowest BCUT2D eigenvalue weighted by atomic mass is 10.0. The number of nitrogens with one attached hydrogen (secondary N) is 1. The molecule has 4 aromatic carbocycles. The fraction of sp³-hybridized carbons (Fsp3) is 0.273. The Balaban J connectivity index is 1.67. The maximum absolute atomic E-state index is 14.0. The summed E-state index contributed by atoms with van der Waals surface area (Å²) in [4.78, 5) is 29.2. The Morgan fingerprint density at radius 3 is 2.22 bits per heavy atom. The van der Waals surface area contributed by atoms with Crippen molar-refractivity contribution in [3.05, 3.63) is 114 Å². The van der Waals surface area contributed by atoms with Crippen LogP contribution < -0.4 is 5.32 Å². The van der Waals surface area contributed by atoms with E-state index in [9.17, 15) is 18.0 Å². The minimum absolute atomic E-state index is 0.110. The highest BCUT2D eigenvalue weighted by molar-refractivity contribution is 7.89. The summed E-state index contributed by atoms with van der Waals surface area (Å²) in [6.45, 7) is 4.17. The number of nitrogens with zero attached hydrogens (tertiary/aromatic N) is 2. The molecule has 0 fully saturated rings. The van der Waals surface area contributed by atoms with Gasteiger partial charge >= 0.3 is 0 Å². The zero-order valence-electron chi connectivity index (χ0n) is 23.8. The number of rotatable bonds is 12. The van der Waals surface area contributed by atoms with Crippen LogP contribution in [0.5, 0.6) is 0 Å². The van der Waals surface area contributed by atoms with Crippen LogP contribution >= 0.6 is 0 Å². The second-order valence-corrected chi connectivity index (χ2v) is 12.3. The first-order chi connectivity index (χ1) is 19.7. The summed E-state index contributed by atoms with van der Waals surface area (Å²) in [5.41, 5.74) is 2.78. The van der Waals surface area contributed by atoms with Crippen molar-refractivity contribution < 1.29 is 18.0 Å². The summed E-state index contributed by atoms with van der Waals surface area (Å²) in [7, 11) is -2.57. The zero-order valence-corrected chi connectivity index (χ0v) is 24.6. The number of carbonyl (C=O) groups is 2. The van der Waals surface area contributed by atoms with Crippen molar-refractivity contribution in [3.8, 4) is 0 Å². The van der Waals surface area contributed by atoms with E-state index in [0.717, 1.165) is 38.2 Å². The molecule has 41 heavy (non-hydrogen) atoms. The molecule has 7 nitrogen and oxygen atoms in total. The molecule has 0 bridgehead atoms. The highest BCUT2D eigenvalue weighted by atomic mass is 32.2. The monoisotopic (exact) mass is 571 g/mol. The molecule has 8 heteroatoms. The predicted octanol–water partition coefficient (Wildman–Crippen LogP) is 4.94. The van der Waals surface area contributed by atoms with Crippen LogP contribution in [0.1, 0.15) is 30.0 Å². The summed E-state index contributed by atoms with van der Waals surface area (Å²) < 4.78 is 28.2. The van der Waals surface area contributed by atoms with Crippen molar-refractivity contribution >= 4 is 32.6 Å². The molecule has 0 heterocycles. The van der Waals surface area contributed by atoms with Gasteiger partial charge in [-0.05, 0) is 52.9 Å². The Labute approximate surface area is 242 Å². The first-order valence-corrected chi connectivity index (χ1v) is 15.3. The van der Waals surface area contributed by atoms with Crippen LogP contribution in [0.25, 0.3) is 10.8 Å². The van der Waals surface area contributed by atoms with Crippen molar-refractivity contribution in [1.82, 2.24) is 14.5 Å². The van der Waals surface area contributed by atoms with Crippen LogP contribution in [-0.2, 0) is 32.6 Å².